The molecule has 2 rings (SSSR count). The minimum absolute atomic E-state index is 0.0568. The van der Waals surface area contributed by atoms with Gasteiger partial charge in [0.1, 0.15) is 5.75 Å². The first-order valence-electron chi connectivity index (χ1n) is 6.84. The van der Waals surface area contributed by atoms with Gasteiger partial charge in [-0.3, -0.25) is 4.79 Å². The summed E-state index contributed by atoms with van der Waals surface area (Å²) in [6, 6.07) is 14.3. The number of benzene rings is 2. The fourth-order valence-corrected chi connectivity index (χ4v) is 2.39. The molecule has 2 aromatic rings. The van der Waals surface area contributed by atoms with Crippen molar-refractivity contribution in [2.24, 2.45) is 0 Å². The molecule has 0 atom stereocenters. The first-order chi connectivity index (χ1) is 9.61. The molecule has 0 aromatic heterocycles. The second-order valence-corrected chi connectivity index (χ2v) is 5.04. The molecule has 0 N–H and O–H groups in total. The van der Waals surface area contributed by atoms with Crippen molar-refractivity contribution in [2.45, 2.75) is 26.7 Å². The minimum atomic E-state index is 0.0568. The number of ketones is 1. The molecule has 0 aliphatic rings. The van der Waals surface area contributed by atoms with Crippen molar-refractivity contribution in [1.82, 2.24) is 0 Å². The summed E-state index contributed by atoms with van der Waals surface area (Å²) in [7, 11) is 1.60. The quantitative estimate of drug-likeness (QED) is 0.766. The highest BCUT2D eigenvalue weighted by molar-refractivity contribution is 5.98. The first-order valence-corrected chi connectivity index (χ1v) is 6.84. The molecule has 2 aromatic carbocycles. The van der Waals surface area contributed by atoms with Gasteiger partial charge in [0.2, 0.25) is 0 Å². The number of carbonyl (C=O) groups is 1. The summed E-state index contributed by atoms with van der Waals surface area (Å²) in [6.45, 7) is 3.67. The molecule has 0 bridgehead atoms. The largest absolute Gasteiger partial charge is 0.496 e. The predicted octanol–water partition coefficient (Wildman–Crippen LogP) is 3.99. The Morgan fingerprint density at radius 3 is 2.35 bits per heavy atom. The lowest BCUT2D eigenvalue weighted by Crippen LogP contribution is -2.04. The van der Waals surface area contributed by atoms with Crippen LogP contribution >= 0.6 is 0 Å². The standard InChI is InChI=1S/C18H20O2/c1-13-7-9-15(10-8-13)11-12-16-5-4-6-17(20-3)18(16)14(2)19/h4-10H,11-12H2,1-3H3. The summed E-state index contributed by atoms with van der Waals surface area (Å²) in [6.07, 6.45) is 1.77. The Labute approximate surface area is 120 Å². The Kier molecular flexibility index (Phi) is 4.57. The first kappa shape index (κ1) is 14.3. The molecule has 0 amide bonds. The van der Waals surface area contributed by atoms with Crippen molar-refractivity contribution in [1.29, 1.82) is 0 Å². The van der Waals surface area contributed by atoms with Crippen molar-refractivity contribution in [3.63, 3.8) is 0 Å². The third kappa shape index (κ3) is 3.27. The highest BCUT2D eigenvalue weighted by Gasteiger charge is 2.13. The van der Waals surface area contributed by atoms with Crippen LogP contribution in [0.4, 0.5) is 0 Å². The van der Waals surface area contributed by atoms with Gasteiger partial charge in [-0.05, 0) is 43.9 Å². The Balaban J connectivity index is 2.21. The number of rotatable bonds is 5. The van der Waals surface area contributed by atoms with Gasteiger partial charge in [-0.2, -0.15) is 0 Å². The van der Waals surface area contributed by atoms with E-state index in [2.05, 4.69) is 31.2 Å². The fraction of sp³-hybridized carbons (Fsp3) is 0.278. The van der Waals surface area contributed by atoms with E-state index in [1.807, 2.05) is 18.2 Å². The second-order valence-electron chi connectivity index (χ2n) is 5.04. The molecule has 0 saturated carbocycles. The zero-order valence-corrected chi connectivity index (χ0v) is 12.3. The molecule has 0 saturated heterocycles. The van der Waals surface area contributed by atoms with E-state index in [1.165, 1.54) is 11.1 Å². The van der Waals surface area contributed by atoms with Crippen molar-refractivity contribution >= 4 is 5.78 Å². The molecule has 20 heavy (non-hydrogen) atoms. The fourth-order valence-electron chi connectivity index (χ4n) is 2.39. The van der Waals surface area contributed by atoms with Gasteiger partial charge in [0.25, 0.3) is 0 Å². The van der Waals surface area contributed by atoms with Crippen LogP contribution < -0.4 is 4.74 Å². The summed E-state index contributed by atoms with van der Waals surface area (Å²) in [5.41, 5.74) is 4.31. The van der Waals surface area contributed by atoms with Gasteiger partial charge in [0, 0.05) is 0 Å². The van der Waals surface area contributed by atoms with Gasteiger partial charge < -0.3 is 4.74 Å². The average Bonchev–Trinajstić information content (AvgIpc) is 2.46. The third-order valence-electron chi connectivity index (χ3n) is 3.49. The average molecular weight is 268 g/mol. The third-order valence-corrected chi connectivity index (χ3v) is 3.49. The van der Waals surface area contributed by atoms with Crippen LogP contribution in [0.1, 0.15) is 34.0 Å². The van der Waals surface area contributed by atoms with E-state index in [0.717, 1.165) is 18.4 Å². The van der Waals surface area contributed by atoms with E-state index in [0.29, 0.717) is 11.3 Å². The zero-order chi connectivity index (χ0) is 14.5. The lowest BCUT2D eigenvalue weighted by atomic mass is 9.97. The van der Waals surface area contributed by atoms with E-state index in [4.69, 9.17) is 4.74 Å². The number of carbonyl (C=O) groups excluding carboxylic acids is 1. The number of methoxy groups -OCH3 is 1. The zero-order valence-electron chi connectivity index (χ0n) is 12.3. The van der Waals surface area contributed by atoms with Crippen LogP contribution in [0.5, 0.6) is 5.75 Å². The lowest BCUT2D eigenvalue weighted by molar-refractivity contribution is 0.101. The van der Waals surface area contributed by atoms with Crippen molar-refractivity contribution < 1.29 is 9.53 Å². The highest BCUT2D eigenvalue weighted by Crippen LogP contribution is 2.24. The maximum absolute atomic E-state index is 11.8. The van der Waals surface area contributed by atoms with Crippen LogP contribution in [-0.2, 0) is 12.8 Å². The maximum Gasteiger partial charge on any atom is 0.163 e. The Morgan fingerprint density at radius 2 is 1.75 bits per heavy atom. The Morgan fingerprint density at radius 1 is 1.05 bits per heavy atom. The van der Waals surface area contributed by atoms with Gasteiger partial charge >= 0.3 is 0 Å². The molecule has 0 fully saturated rings. The van der Waals surface area contributed by atoms with E-state index >= 15 is 0 Å². The van der Waals surface area contributed by atoms with Gasteiger partial charge in [0.05, 0.1) is 12.7 Å². The van der Waals surface area contributed by atoms with Crippen LogP contribution in [0.3, 0.4) is 0 Å². The SMILES string of the molecule is COc1cccc(CCc2ccc(C)cc2)c1C(C)=O. The molecule has 0 radical (unpaired) electrons. The van der Waals surface area contributed by atoms with Crippen LogP contribution in [0.2, 0.25) is 0 Å². The number of hydrogen-bond acceptors (Lipinski definition) is 2. The molecular formula is C18H20O2. The Hall–Kier alpha value is -2.09. The van der Waals surface area contributed by atoms with E-state index < -0.39 is 0 Å². The molecule has 0 unspecified atom stereocenters. The number of hydrogen-bond donors (Lipinski definition) is 0. The van der Waals surface area contributed by atoms with Crippen molar-refractivity contribution in [2.75, 3.05) is 7.11 Å². The molecular weight excluding hydrogens is 248 g/mol. The molecule has 0 aliphatic heterocycles. The molecule has 104 valence electrons. The topological polar surface area (TPSA) is 26.3 Å². The summed E-state index contributed by atoms with van der Waals surface area (Å²) in [4.78, 5) is 11.8. The number of aryl methyl sites for hydroxylation is 3. The van der Waals surface area contributed by atoms with E-state index in [1.54, 1.807) is 14.0 Å². The van der Waals surface area contributed by atoms with E-state index in [9.17, 15) is 4.79 Å². The highest BCUT2D eigenvalue weighted by atomic mass is 16.5. The molecule has 0 aliphatic carbocycles. The monoisotopic (exact) mass is 268 g/mol. The summed E-state index contributed by atoms with van der Waals surface area (Å²) >= 11 is 0. The molecule has 2 heteroatoms. The van der Waals surface area contributed by atoms with Crippen LogP contribution in [-0.4, -0.2) is 12.9 Å². The predicted molar refractivity (Wildman–Crippen MR) is 81.6 cm³/mol. The van der Waals surface area contributed by atoms with Crippen LogP contribution in [0, 0.1) is 6.92 Å². The normalized spacial score (nSPS) is 10.3. The van der Waals surface area contributed by atoms with Gasteiger partial charge in [0.15, 0.2) is 5.78 Å². The Bertz CT molecular complexity index is 597. The second kappa shape index (κ2) is 6.38. The molecule has 0 heterocycles. The van der Waals surface area contributed by atoms with Gasteiger partial charge in [-0.25, -0.2) is 0 Å². The maximum atomic E-state index is 11.8. The summed E-state index contributed by atoms with van der Waals surface area (Å²) in [5, 5.41) is 0. The van der Waals surface area contributed by atoms with Gasteiger partial charge in [-0.1, -0.05) is 42.0 Å². The molecule has 2 nitrogen and oxygen atoms in total. The number of Topliss-reactive ketones (excluding diaryl/α,β-unsaturated/α-hetero) is 1. The van der Waals surface area contributed by atoms with E-state index in [-0.39, 0.29) is 5.78 Å². The summed E-state index contributed by atoms with van der Waals surface area (Å²) in [5.74, 6) is 0.722. The van der Waals surface area contributed by atoms with Crippen LogP contribution in [0.15, 0.2) is 42.5 Å². The smallest absolute Gasteiger partial charge is 0.163 e. The van der Waals surface area contributed by atoms with Gasteiger partial charge in [-0.15, -0.1) is 0 Å². The summed E-state index contributed by atoms with van der Waals surface area (Å²) < 4.78 is 5.29. The number of ether oxygens (including phenoxy) is 1. The van der Waals surface area contributed by atoms with Crippen LogP contribution in [0.25, 0.3) is 0 Å². The van der Waals surface area contributed by atoms with Crippen molar-refractivity contribution in [3.05, 3.63) is 64.7 Å². The van der Waals surface area contributed by atoms with Crippen molar-refractivity contribution in [3.8, 4) is 5.75 Å². The minimum Gasteiger partial charge on any atom is -0.496 e. The lowest BCUT2D eigenvalue weighted by Gasteiger charge is -2.11. The molecule has 0 spiro atoms.